The molecule has 180 valence electrons. The van der Waals surface area contributed by atoms with Gasteiger partial charge in [0.05, 0.1) is 19.2 Å². The first-order valence-electron chi connectivity index (χ1n) is 12.6. The van der Waals surface area contributed by atoms with Gasteiger partial charge < -0.3 is 4.74 Å². The summed E-state index contributed by atoms with van der Waals surface area (Å²) in [5.74, 6) is 2.02. The quantitative estimate of drug-likeness (QED) is 0.225. The van der Waals surface area contributed by atoms with Crippen LogP contribution in [0.1, 0.15) is 85.0 Å². The Bertz CT molecular complexity index is 710. The number of fused-ring (bicyclic) bond motifs is 1. The topological polar surface area (TPSA) is 85.2 Å². The van der Waals surface area contributed by atoms with Crippen molar-refractivity contribution < 1.29 is 9.53 Å². The minimum Gasteiger partial charge on any atom is -0.469 e. The molecule has 0 amide bonds. The van der Waals surface area contributed by atoms with Crippen molar-refractivity contribution in [3.63, 3.8) is 0 Å². The zero-order valence-corrected chi connectivity index (χ0v) is 20.4. The van der Waals surface area contributed by atoms with Gasteiger partial charge in [-0.3, -0.25) is 4.79 Å². The van der Waals surface area contributed by atoms with Crippen LogP contribution in [-0.2, 0) is 9.53 Å². The monoisotopic (exact) mass is 446 g/mol. The highest BCUT2D eigenvalue weighted by atomic mass is 16.5. The number of methoxy groups -OCH3 is 1. The molecule has 0 heterocycles. The van der Waals surface area contributed by atoms with Crippen LogP contribution < -0.4 is 0 Å². The summed E-state index contributed by atoms with van der Waals surface area (Å²) in [7, 11) is 1.42. The first kappa shape index (κ1) is 25.0. The highest BCUT2D eigenvalue weighted by Gasteiger charge is 2.59. The number of carbonyl (C=O) groups is 1. The smallest absolute Gasteiger partial charge is 0.305 e. The van der Waals surface area contributed by atoms with Crippen molar-refractivity contribution in [2.75, 3.05) is 7.11 Å². The summed E-state index contributed by atoms with van der Waals surface area (Å²) in [5, 5.41) is 7.30. The van der Waals surface area contributed by atoms with Gasteiger partial charge in [-0.25, -0.2) is 0 Å². The van der Waals surface area contributed by atoms with Crippen LogP contribution >= 0.6 is 0 Å². The van der Waals surface area contributed by atoms with Gasteiger partial charge in [0.15, 0.2) is 0 Å². The van der Waals surface area contributed by atoms with Crippen molar-refractivity contribution in [3.8, 4) is 0 Å². The molecule has 0 aromatic carbocycles. The highest BCUT2D eigenvalue weighted by molar-refractivity contribution is 5.69. The summed E-state index contributed by atoms with van der Waals surface area (Å²) in [6, 6.07) is -0.424. The summed E-state index contributed by atoms with van der Waals surface area (Å²) in [6.07, 6.45) is 8.88. The van der Waals surface area contributed by atoms with Crippen molar-refractivity contribution in [1.82, 2.24) is 0 Å². The average Bonchev–Trinajstić information content (AvgIpc) is 3.15. The molecule has 6 nitrogen and oxygen atoms in total. The molecule has 0 aromatic heterocycles. The molecule has 0 aromatic rings. The van der Waals surface area contributed by atoms with E-state index in [1.807, 2.05) is 0 Å². The molecule has 9 unspecified atom stereocenters. The number of nitrogens with zero attached hydrogens (tertiary/aromatic N) is 2. The molecule has 0 spiro atoms. The minimum atomic E-state index is -0.231. The van der Waals surface area contributed by atoms with Gasteiger partial charge in [0, 0.05) is 6.42 Å². The molecular formula is C26H42N2O4. The first-order valence-corrected chi connectivity index (χ1v) is 12.6. The van der Waals surface area contributed by atoms with Crippen LogP contribution in [0, 0.1) is 50.7 Å². The van der Waals surface area contributed by atoms with E-state index in [1.54, 1.807) is 0 Å². The second-order valence-corrected chi connectivity index (χ2v) is 11.2. The summed E-state index contributed by atoms with van der Waals surface area (Å²) in [4.78, 5) is 35.7. The zero-order valence-electron chi connectivity index (χ0n) is 20.4. The molecule has 3 saturated carbocycles. The maximum Gasteiger partial charge on any atom is 0.305 e. The van der Waals surface area contributed by atoms with E-state index in [1.165, 1.54) is 12.7 Å². The molecule has 3 rings (SSSR count). The third-order valence-electron chi connectivity index (χ3n) is 9.72. The van der Waals surface area contributed by atoms with E-state index in [4.69, 9.17) is 4.74 Å². The Morgan fingerprint density at radius 1 is 1.22 bits per heavy atom. The predicted octanol–water partition coefficient (Wildman–Crippen LogP) is 6.67. The lowest BCUT2D eigenvalue weighted by molar-refractivity contribution is -0.141. The number of hydrogen-bond donors (Lipinski definition) is 0. The van der Waals surface area contributed by atoms with Crippen molar-refractivity contribution in [2.24, 2.45) is 51.3 Å². The Hall–Kier alpha value is -1.59. The van der Waals surface area contributed by atoms with E-state index in [0.717, 1.165) is 57.8 Å². The second-order valence-electron chi connectivity index (χ2n) is 11.2. The van der Waals surface area contributed by atoms with Gasteiger partial charge in [0.1, 0.15) is 0 Å². The lowest BCUT2D eigenvalue weighted by Gasteiger charge is -2.50. The molecular weight excluding hydrogens is 404 g/mol. The Morgan fingerprint density at radius 3 is 2.62 bits per heavy atom. The standard InChI is InChI=1S/C26H42N2O4/c1-16-6-7-17(2)19(14-16)15-23(27-30)20-9-12-24(28-31)26(4)21(10-11-22(20)26)18(3)8-13-25(29)32-5/h17-24H,1,6-15H2,2-5H3. The Balaban J connectivity index is 1.78. The highest BCUT2D eigenvalue weighted by Crippen LogP contribution is 2.62. The van der Waals surface area contributed by atoms with Gasteiger partial charge in [-0.1, -0.05) is 43.3 Å². The third kappa shape index (κ3) is 4.84. The van der Waals surface area contributed by atoms with E-state index in [2.05, 4.69) is 37.7 Å². The largest absolute Gasteiger partial charge is 0.469 e. The number of carbonyl (C=O) groups excluding carboxylic acids is 1. The molecule has 3 aliphatic carbocycles. The molecule has 0 radical (unpaired) electrons. The molecule has 3 fully saturated rings. The van der Waals surface area contributed by atoms with Crippen LogP contribution in [0.15, 0.2) is 22.5 Å². The van der Waals surface area contributed by atoms with Crippen molar-refractivity contribution in [3.05, 3.63) is 22.0 Å². The maximum absolute atomic E-state index is 12.1. The molecule has 32 heavy (non-hydrogen) atoms. The normalized spacial score (nSPS) is 39.1. The first-order chi connectivity index (χ1) is 15.3. The van der Waals surface area contributed by atoms with Gasteiger partial charge in [0.2, 0.25) is 0 Å². The molecule has 0 aliphatic heterocycles. The number of hydrogen-bond acceptors (Lipinski definition) is 6. The zero-order chi connectivity index (χ0) is 23.5. The van der Waals surface area contributed by atoms with Gasteiger partial charge >= 0.3 is 5.97 Å². The Kier molecular flexibility index (Phi) is 8.26. The van der Waals surface area contributed by atoms with Crippen LogP contribution in [-0.4, -0.2) is 25.2 Å². The van der Waals surface area contributed by atoms with Crippen molar-refractivity contribution in [2.45, 2.75) is 97.1 Å². The van der Waals surface area contributed by atoms with Crippen LogP contribution in [0.3, 0.4) is 0 Å². The van der Waals surface area contributed by atoms with Gasteiger partial charge in [0.25, 0.3) is 0 Å². The summed E-state index contributed by atoms with van der Waals surface area (Å²) >= 11 is 0. The fourth-order valence-electron chi connectivity index (χ4n) is 7.72. The van der Waals surface area contributed by atoms with E-state index >= 15 is 0 Å². The van der Waals surface area contributed by atoms with Crippen LogP contribution in [0.4, 0.5) is 0 Å². The van der Waals surface area contributed by atoms with Crippen molar-refractivity contribution >= 4 is 5.97 Å². The maximum atomic E-state index is 12.1. The third-order valence-corrected chi connectivity index (χ3v) is 9.72. The Morgan fingerprint density at radius 2 is 1.97 bits per heavy atom. The summed E-state index contributed by atoms with van der Waals surface area (Å²) in [5.41, 5.74) is 1.07. The molecule has 6 heteroatoms. The van der Waals surface area contributed by atoms with Gasteiger partial charge in [-0.05, 0) is 98.7 Å². The molecule has 0 bridgehead atoms. The number of esters is 1. The average molecular weight is 447 g/mol. The fourth-order valence-corrected chi connectivity index (χ4v) is 7.72. The number of nitroso groups, excluding NO2 is 2. The number of ether oxygens (including phenoxy) is 1. The molecule has 9 atom stereocenters. The molecule has 3 aliphatic rings. The Labute approximate surface area is 193 Å². The van der Waals surface area contributed by atoms with Crippen molar-refractivity contribution in [1.29, 1.82) is 0 Å². The van der Waals surface area contributed by atoms with E-state index in [-0.39, 0.29) is 35.3 Å². The van der Waals surface area contributed by atoms with E-state index in [9.17, 15) is 14.6 Å². The van der Waals surface area contributed by atoms with Gasteiger partial charge in [-0.2, -0.15) is 9.81 Å². The van der Waals surface area contributed by atoms with E-state index in [0.29, 0.717) is 30.1 Å². The van der Waals surface area contributed by atoms with Crippen LogP contribution in [0.2, 0.25) is 0 Å². The van der Waals surface area contributed by atoms with Gasteiger partial charge in [-0.15, -0.1) is 0 Å². The minimum absolute atomic E-state index is 0.184. The fraction of sp³-hybridized carbons (Fsp3) is 0.885. The van der Waals surface area contributed by atoms with Crippen LogP contribution in [0.5, 0.6) is 0 Å². The molecule has 0 N–H and O–H groups in total. The number of allylic oxidation sites excluding steroid dienone is 1. The van der Waals surface area contributed by atoms with E-state index < -0.39 is 0 Å². The molecule has 0 saturated heterocycles. The number of rotatable bonds is 9. The lowest BCUT2D eigenvalue weighted by atomic mass is 9.55. The van der Waals surface area contributed by atoms with Crippen LogP contribution in [0.25, 0.3) is 0 Å². The summed E-state index contributed by atoms with van der Waals surface area (Å²) in [6.45, 7) is 10.9. The summed E-state index contributed by atoms with van der Waals surface area (Å²) < 4.78 is 4.83. The second kappa shape index (κ2) is 10.6. The lowest BCUT2D eigenvalue weighted by Crippen LogP contribution is -2.50. The predicted molar refractivity (Wildman–Crippen MR) is 127 cm³/mol. The SMILES string of the molecule is C=C1CCC(C)C(CC(N=O)C2CCC(N=O)C3(C)C(C(C)CCC(=O)OC)CCC23)C1.